The largest absolute Gasteiger partial charge is 0.416 e. The molecule has 2 aliphatic rings. The summed E-state index contributed by atoms with van der Waals surface area (Å²) >= 11 is 0. The van der Waals surface area contributed by atoms with Gasteiger partial charge in [0.15, 0.2) is 0 Å². The molecular weight excluding hydrogens is 390 g/mol. The minimum atomic E-state index is -4.65. The normalized spacial score (nSPS) is 22.1. The highest BCUT2D eigenvalue weighted by Gasteiger charge is 2.45. The van der Waals surface area contributed by atoms with Crippen LogP contribution in [0.25, 0.3) is 0 Å². The van der Waals surface area contributed by atoms with Crippen molar-refractivity contribution in [2.75, 3.05) is 19.6 Å². The van der Waals surface area contributed by atoms with E-state index in [0.29, 0.717) is 0 Å². The maximum Gasteiger partial charge on any atom is 0.416 e. The zero-order valence-electron chi connectivity index (χ0n) is 14.5. The Morgan fingerprint density at radius 1 is 1.21 bits per heavy atom. The smallest absolute Gasteiger partial charge is 0.327 e. The van der Waals surface area contributed by atoms with Gasteiger partial charge in [0.25, 0.3) is 5.92 Å². The molecule has 2 aliphatic heterocycles. The number of amides is 2. The summed E-state index contributed by atoms with van der Waals surface area (Å²) < 4.78 is 77.5. The van der Waals surface area contributed by atoms with Crippen molar-refractivity contribution in [1.82, 2.24) is 9.80 Å². The van der Waals surface area contributed by atoms with Crippen LogP contribution in [0.15, 0.2) is 30.5 Å². The molecule has 0 N–H and O–H groups in total. The minimum absolute atomic E-state index is 0.00576. The Hall–Kier alpha value is -2.52. The summed E-state index contributed by atoms with van der Waals surface area (Å²) in [6.07, 6.45) is -2.62. The third-order valence-corrected chi connectivity index (χ3v) is 4.68. The molecule has 152 valence electrons. The topological polar surface area (TPSA) is 40.6 Å². The van der Waals surface area contributed by atoms with Gasteiger partial charge < -0.3 is 9.80 Å². The average molecular weight is 406 g/mol. The van der Waals surface area contributed by atoms with Gasteiger partial charge in [0.1, 0.15) is 6.67 Å². The summed E-state index contributed by atoms with van der Waals surface area (Å²) in [6, 6.07) is 2.89. The number of carbonyl (C=O) groups is 2. The fourth-order valence-electron chi connectivity index (χ4n) is 3.22. The fraction of sp³-hybridized carbons (Fsp3) is 0.444. The molecule has 0 aliphatic carbocycles. The first-order valence-electron chi connectivity index (χ1n) is 8.40. The van der Waals surface area contributed by atoms with E-state index in [-0.39, 0.29) is 24.1 Å². The van der Waals surface area contributed by atoms with E-state index in [9.17, 15) is 35.9 Å². The van der Waals surface area contributed by atoms with Crippen LogP contribution in [0.4, 0.5) is 26.3 Å². The molecule has 4 nitrogen and oxygen atoms in total. The second kappa shape index (κ2) is 7.14. The number of benzene rings is 1. The predicted molar refractivity (Wildman–Crippen MR) is 86.0 cm³/mol. The fourth-order valence-corrected chi connectivity index (χ4v) is 3.22. The lowest BCUT2D eigenvalue weighted by atomic mass is 9.94. The zero-order chi connectivity index (χ0) is 20.7. The van der Waals surface area contributed by atoms with E-state index in [4.69, 9.17) is 0 Å². The monoisotopic (exact) mass is 406 g/mol. The molecule has 2 saturated heterocycles. The predicted octanol–water partition coefficient (Wildman–Crippen LogP) is 3.48. The van der Waals surface area contributed by atoms with Crippen LogP contribution >= 0.6 is 0 Å². The molecule has 1 atom stereocenters. The molecule has 2 fully saturated rings. The van der Waals surface area contributed by atoms with Gasteiger partial charge in [-0.1, -0.05) is 6.07 Å². The molecule has 3 rings (SSSR count). The molecule has 0 spiro atoms. The number of alkyl halides is 6. The number of carbonyl (C=O) groups excluding carboxylic acids is 2. The van der Waals surface area contributed by atoms with Crippen LogP contribution in [0, 0.1) is 0 Å². The third kappa shape index (κ3) is 4.31. The maximum atomic E-state index is 13.0. The summed E-state index contributed by atoms with van der Waals surface area (Å²) in [5, 5.41) is 0. The van der Waals surface area contributed by atoms with Gasteiger partial charge in [-0.2, -0.15) is 13.2 Å². The van der Waals surface area contributed by atoms with Crippen molar-refractivity contribution in [1.29, 1.82) is 0 Å². The van der Waals surface area contributed by atoms with Crippen molar-refractivity contribution in [2.45, 2.75) is 31.1 Å². The Labute approximate surface area is 156 Å². The van der Waals surface area contributed by atoms with E-state index in [1.807, 2.05) is 0 Å². The minimum Gasteiger partial charge on any atom is -0.327 e. The van der Waals surface area contributed by atoms with Gasteiger partial charge in [-0.25, -0.2) is 13.2 Å². The summed E-state index contributed by atoms with van der Waals surface area (Å²) in [4.78, 5) is 25.9. The molecule has 1 aromatic carbocycles. The Kier molecular flexibility index (Phi) is 5.16. The second-order valence-corrected chi connectivity index (χ2v) is 6.91. The van der Waals surface area contributed by atoms with E-state index < -0.39 is 55.2 Å². The van der Waals surface area contributed by atoms with Crippen LogP contribution in [0.1, 0.15) is 29.0 Å². The van der Waals surface area contributed by atoms with Gasteiger partial charge in [0.05, 0.1) is 18.7 Å². The van der Waals surface area contributed by atoms with Gasteiger partial charge in [0.2, 0.25) is 11.8 Å². The van der Waals surface area contributed by atoms with Crippen LogP contribution in [0.2, 0.25) is 0 Å². The summed E-state index contributed by atoms with van der Waals surface area (Å²) in [7, 11) is 0. The number of rotatable bonds is 4. The number of halogens is 6. The third-order valence-electron chi connectivity index (χ3n) is 4.68. The highest BCUT2D eigenvalue weighted by Crippen LogP contribution is 2.35. The molecule has 2 heterocycles. The van der Waals surface area contributed by atoms with Crippen LogP contribution in [-0.2, 0) is 22.4 Å². The lowest BCUT2D eigenvalue weighted by Gasteiger charge is -2.38. The van der Waals surface area contributed by atoms with Crippen LogP contribution in [0.3, 0.4) is 0 Å². The number of hydrogen-bond donors (Lipinski definition) is 0. The van der Waals surface area contributed by atoms with Gasteiger partial charge in [-0.15, -0.1) is 0 Å². The van der Waals surface area contributed by atoms with E-state index in [0.717, 1.165) is 34.2 Å². The standard InChI is InChI=1S/C18H16F6N2O2/c19-7-11-3-12(5-14(4-11)18(22,23)24)13-6-16(28)25(8-13)2-1-15(27)26-9-17(20,21)10-26/h1-5,13H,6-10H2/b2-1-. The van der Waals surface area contributed by atoms with Gasteiger partial charge in [-0.3, -0.25) is 9.59 Å². The summed E-state index contributed by atoms with van der Waals surface area (Å²) in [5.74, 6) is -4.62. The Balaban J connectivity index is 1.71. The Morgan fingerprint density at radius 2 is 1.89 bits per heavy atom. The molecule has 28 heavy (non-hydrogen) atoms. The second-order valence-electron chi connectivity index (χ2n) is 6.91. The van der Waals surface area contributed by atoms with Crippen LogP contribution in [-0.4, -0.2) is 47.2 Å². The molecule has 0 aromatic heterocycles. The van der Waals surface area contributed by atoms with Crippen LogP contribution in [0.5, 0.6) is 0 Å². The van der Waals surface area contributed by atoms with Gasteiger partial charge >= 0.3 is 6.18 Å². The van der Waals surface area contributed by atoms with E-state index in [1.54, 1.807) is 0 Å². The molecule has 1 aromatic rings. The van der Waals surface area contributed by atoms with Crippen molar-refractivity contribution >= 4 is 11.8 Å². The lowest BCUT2D eigenvalue weighted by molar-refractivity contribution is -0.160. The van der Waals surface area contributed by atoms with E-state index in [1.165, 1.54) is 6.07 Å². The lowest BCUT2D eigenvalue weighted by Crippen LogP contribution is -2.58. The maximum absolute atomic E-state index is 13.0. The first kappa shape index (κ1) is 20.2. The number of likely N-dealkylation sites (tertiary alicyclic amines) is 2. The first-order valence-corrected chi connectivity index (χ1v) is 8.40. The van der Waals surface area contributed by atoms with Crippen molar-refractivity contribution in [2.24, 2.45) is 0 Å². The van der Waals surface area contributed by atoms with Crippen molar-refractivity contribution in [3.05, 3.63) is 47.2 Å². The first-order chi connectivity index (χ1) is 13.0. The van der Waals surface area contributed by atoms with Crippen molar-refractivity contribution in [3.8, 4) is 0 Å². The van der Waals surface area contributed by atoms with E-state index in [2.05, 4.69) is 0 Å². The van der Waals surface area contributed by atoms with E-state index >= 15 is 0 Å². The molecule has 1 unspecified atom stereocenters. The van der Waals surface area contributed by atoms with Gasteiger partial charge in [0, 0.05) is 31.2 Å². The summed E-state index contributed by atoms with van der Waals surface area (Å²) in [5.41, 5.74) is -0.950. The molecular formula is C18H16F6N2O2. The zero-order valence-corrected chi connectivity index (χ0v) is 14.5. The van der Waals surface area contributed by atoms with Crippen molar-refractivity contribution in [3.63, 3.8) is 0 Å². The number of nitrogens with zero attached hydrogens (tertiary/aromatic N) is 2. The molecule has 0 saturated carbocycles. The molecule has 0 radical (unpaired) electrons. The number of hydrogen-bond acceptors (Lipinski definition) is 2. The Morgan fingerprint density at radius 3 is 2.46 bits per heavy atom. The van der Waals surface area contributed by atoms with Crippen molar-refractivity contribution < 1.29 is 35.9 Å². The highest BCUT2D eigenvalue weighted by molar-refractivity contribution is 5.89. The molecule has 10 heteroatoms. The van der Waals surface area contributed by atoms with Crippen LogP contribution < -0.4 is 0 Å². The SMILES string of the molecule is O=C1CC(c2cc(CF)cc(C(F)(F)F)c2)CN1/C=C\C(=O)N1CC(F)(F)C1. The molecule has 2 amide bonds. The molecule has 0 bridgehead atoms. The summed E-state index contributed by atoms with van der Waals surface area (Å²) in [6.45, 7) is -2.45. The quantitative estimate of drug-likeness (QED) is 0.568. The Bertz CT molecular complexity index is 813. The van der Waals surface area contributed by atoms with Gasteiger partial charge in [-0.05, 0) is 23.3 Å². The average Bonchev–Trinajstić information content (AvgIpc) is 2.97. The highest BCUT2D eigenvalue weighted by atomic mass is 19.4.